The summed E-state index contributed by atoms with van der Waals surface area (Å²) in [5.74, 6) is -0.784. The van der Waals surface area contributed by atoms with Crippen LogP contribution in [0.25, 0.3) is 32.9 Å². The van der Waals surface area contributed by atoms with Crippen molar-refractivity contribution in [3.63, 3.8) is 0 Å². The molecular weight excluding hydrogens is 440 g/mol. The summed E-state index contributed by atoms with van der Waals surface area (Å²) in [6.45, 7) is 8.00. The average Bonchev–Trinajstić information content (AvgIpc) is 3.62. The van der Waals surface area contributed by atoms with E-state index in [1.54, 1.807) is 0 Å². The highest BCUT2D eigenvalue weighted by Gasteiger charge is 2.57. The van der Waals surface area contributed by atoms with Gasteiger partial charge in [-0.05, 0) is 30.0 Å². The SMILES string of the molecule is CC.CC.O=C1NC(=O)c2c1c1c3c4c2c2ccccc2n4C2CCC(O2)C3(O)c2ccccc2-1. The van der Waals surface area contributed by atoms with Crippen LogP contribution in [-0.4, -0.2) is 27.6 Å². The van der Waals surface area contributed by atoms with Crippen LogP contribution in [0.3, 0.4) is 0 Å². The monoisotopic (exact) mass is 468 g/mol. The number of imide groups is 1. The van der Waals surface area contributed by atoms with Crippen molar-refractivity contribution in [3.8, 4) is 11.1 Å². The van der Waals surface area contributed by atoms with Crippen LogP contribution in [0.15, 0.2) is 48.5 Å². The van der Waals surface area contributed by atoms with Crippen molar-refractivity contribution in [1.82, 2.24) is 9.88 Å². The fourth-order valence-electron chi connectivity index (χ4n) is 6.50. The van der Waals surface area contributed by atoms with Gasteiger partial charge in [-0.1, -0.05) is 70.2 Å². The van der Waals surface area contributed by atoms with E-state index in [9.17, 15) is 14.7 Å². The Balaban J connectivity index is 0.000000546. The lowest BCUT2D eigenvalue weighted by Crippen LogP contribution is -2.38. The highest BCUT2D eigenvalue weighted by atomic mass is 16.5. The first-order chi connectivity index (χ1) is 17.1. The van der Waals surface area contributed by atoms with Gasteiger partial charge >= 0.3 is 0 Å². The van der Waals surface area contributed by atoms with Crippen LogP contribution in [0.1, 0.15) is 78.6 Å². The Labute approximate surface area is 203 Å². The second kappa shape index (κ2) is 7.51. The van der Waals surface area contributed by atoms with E-state index in [1.165, 1.54) is 0 Å². The molecule has 3 aromatic carbocycles. The Morgan fingerprint density at radius 2 is 1.60 bits per heavy atom. The van der Waals surface area contributed by atoms with Crippen molar-refractivity contribution in [3.05, 3.63) is 70.8 Å². The number of fused-ring (bicyclic) bond motifs is 13. The van der Waals surface area contributed by atoms with E-state index in [0.717, 1.165) is 39.4 Å². The molecule has 1 aliphatic carbocycles. The van der Waals surface area contributed by atoms with Gasteiger partial charge in [-0.25, -0.2) is 0 Å². The van der Waals surface area contributed by atoms with Crippen molar-refractivity contribution >= 4 is 33.6 Å². The third-order valence-corrected chi connectivity index (χ3v) is 7.57. The van der Waals surface area contributed by atoms with E-state index in [-0.39, 0.29) is 12.1 Å². The van der Waals surface area contributed by atoms with E-state index < -0.39 is 17.6 Å². The molecule has 0 spiro atoms. The summed E-state index contributed by atoms with van der Waals surface area (Å²) in [7, 11) is 0. The van der Waals surface area contributed by atoms with Gasteiger partial charge in [-0.3, -0.25) is 14.9 Å². The Hall–Kier alpha value is -3.48. The number of nitrogens with one attached hydrogen (secondary N) is 1. The number of carbonyl (C=O) groups is 2. The minimum absolute atomic E-state index is 0.225. The summed E-state index contributed by atoms with van der Waals surface area (Å²) < 4.78 is 8.61. The first-order valence-corrected chi connectivity index (χ1v) is 12.6. The normalized spacial score (nSPS) is 24.3. The number of hydrogen-bond acceptors (Lipinski definition) is 4. The molecule has 4 aliphatic rings. The third-order valence-electron chi connectivity index (χ3n) is 7.57. The summed E-state index contributed by atoms with van der Waals surface area (Å²) in [5.41, 5.74) is 4.09. The van der Waals surface area contributed by atoms with E-state index in [0.29, 0.717) is 28.7 Å². The predicted molar refractivity (Wildman–Crippen MR) is 136 cm³/mol. The van der Waals surface area contributed by atoms with E-state index >= 15 is 0 Å². The molecule has 8 rings (SSSR count). The fraction of sp³-hybridized carbons (Fsp3) is 0.310. The zero-order valence-corrected chi connectivity index (χ0v) is 20.3. The molecule has 0 saturated carbocycles. The second-order valence-corrected chi connectivity index (χ2v) is 8.86. The molecule has 178 valence electrons. The molecule has 6 heteroatoms. The number of benzene rings is 3. The molecule has 6 nitrogen and oxygen atoms in total. The maximum absolute atomic E-state index is 13.1. The number of rotatable bonds is 0. The first-order valence-electron chi connectivity index (χ1n) is 12.6. The van der Waals surface area contributed by atoms with Crippen molar-refractivity contribution < 1.29 is 19.4 Å². The summed E-state index contributed by atoms with van der Waals surface area (Å²) in [5, 5.41) is 16.5. The smallest absolute Gasteiger partial charge is 0.259 e. The largest absolute Gasteiger partial charge is 0.378 e. The molecule has 3 unspecified atom stereocenters. The molecule has 3 atom stereocenters. The number of aliphatic hydroxyl groups is 1. The molecule has 2 amide bonds. The summed E-state index contributed by atoms with van der Waals surface area (Å²) in [4.78, 5) is 26.1. The van der Waals surface area contributed by atoms with Crippen LogP contribution < -0.4 is 5.32 Å². The summed E-state index contributed by atoms with van der Waals surface area (Å²) in [6.07, 6.45) is 0.848. The summed E-state index contributed by atoms with van der Waals surface area (Å²) in [6, 6.07) is 15.5. The Morgan fingerprint density at radius 3 is 2.40 bits per heavy atom. The third kappa shape index (κ3) is 2.41. The predicted octanol–water partition coefficient (Wildman–Crippen LogP) is 5.64. The second-order valence-electron chi connectivity index (χ2n) is 8.86. The highest BCUT2D eigenvalue weighted by Crippen LogP contribution is 2.61. The molecule has 1 saturated heterocycles. The topological polar surface area (TPSA) is 80.6 Å². The molecule has 4 aromatic rings. The summed E-state index contributed by atoms with van der Waals surface area (Å²) >= 11 is 0. The van der Waals surface area contributed by atoms with Gasteiger partial charge in [0.1, 0.15) is 11.8 Å². The highest BCUT2D eigenvalue weighted by molar-refractivity contribution is 6.33. The molecule has 2 N–H and O–H groups in total. The lowest BCUT2D eigenvalue weighted by atomic mass is 9.82. The lowest BCUT2D eigenvalue weighted by molar-refractivity contribution is -0.0920. The van der Waals surface area contributed by atoms with E-state index in [4.69, 9.17) is 4.74 Å². The van der Waals surface area contributed by atoms with Gasteiger partial charge in [0.2, 0.25) is 0 Å². The number of hydrogen-bond donors (Lipinski definition) is 2. The zero-order valence-electron chi connectivity index (χ0n) is 20.3. The number of carbonyl (C=O) groups excluding carboxylic acids is 2. The Kier molecular flexibility index (Phi) is 4.72. The van der Waals surface area contributed by atoms with Crippen molar-refractivity contribution in [2.75, 3.05) is 0 Å². The van der Waals surface area contributed by atoms with Crippen LogP contribution in [0.4, 0.5) is 0 Å². The molecule has 3 aliphatic heterocycles. The van der Waals surface area contributed by atoms with Crippen LogP contribution in [0.2, 0.25) is 0 Å². The number of amides is 2. The maximum Gasteiger partial charge on any atom is 0.259 e. The van der Waals surface area contributed by atoms with Gasteiger partial charge in [-0.2, -0.15) is 0 Å². The van der Waals surface area contributed by atoms with Crippen LogP contribution >= 0.6 is 0 Å². The Bertz CT molecular complexity index is 1570. The molecular formula is C29H28N2O4. The number of para-hydroxylation sites is 1. The molecule has 4 heterocycles. The fourth-order valence-corrected chi connectivity index (χ4v) is 6.50. The zero-order chi connectivity index (χ0) is 24.6. The molecule has 1 fully saturated rings. The first kappa shape index (κ1) is 22.0. The van der Waals surface area contributed by atoms with Gasteiger partial charge in [0.15, 0.2) is 0 Å². The lowest BCUT2D eigenvalue weighted by Gasteiger charge is -2.31. The molecule has 2 bridgehead atoms. The van der Waals surface area contributed by atoms with Crippen LogP contribution in [0, 0.1) is 0 Å². The van der Waals surface area contributed by atoms with Crippen LogP contribution in [0.5, 0.6) is 0 Å². The van der Waals surface area contributed by atoms with Gasteiger partial charge in [-0.15, -0.1) is 0 Å². The van der Waals surface area contributed by atoms with E-state index in [2.05, 4.69) is 9.88 Å². The quantitative estimate of drug-likeness (QED) is 0.328. The number of nitrogens with zero attached hydrogens (tertiary/aromatic N) is 1. The minimum atomic E-state index is -1.37. The van der Waals surface area contributed by atoms with Gasteiger partial charge in [0, 0.05) is 21.9 Å². The van der Waals surface area contributed by atoms with E-state index in [1.807, 2.05) is 76.2 Å². The van der Waals surface area contributed by atoms with Crippen molar-refractivity contribution in [2.24, 2.45) is 0 Å². The molecule has 1 aromatic heterocycles. The standard InChI is InChI=1S/C25H16N2O4.2C2H6/c28-23-19-17-11-5-1-3-7-13(11)25(30)15-9-10-16(31-15)27-14-8-4-2-6-12(14)18(22(27)21(17)25)20(19)24(29)26-23;2*1-2/h1-8,15-16,30H,9-10H2,(H,26,28,29);2*1-2H3. The Morgan fingerprint density at radius 1 is 0.914 bits per heavy atom. The van der Waals surface area contributed by atoms with Gasteiger partial charge in [0.05, 0.1) is 28.3 Å². The maximum atomic E-state index is 13.1. The number of aromatic nitrogens is 1. The van der Waals surface area contributed by atoms with Crippen molar-refractivity contribution in [2.45, 2.75) is 58.5 Å². The number of ether oxygens (including phenoxy) is 1. The average molecular weight is 469 g/mol. The molecule has 35 heavy (non-hydrogen) atoms. The van der Waals surface area contributed by atoms with Crippen LogP contribution in [-0.2, 0) is 10.3 Å². The van der Waals surface area contributed by atoms with Gasteiger partial charge < -0.3 is 14.4 Å². The van der Waals surface area contributed by atoms with Crippen molar-refractivity contribution in [1.29, 1.82) is 0 Å². The minimum Gasteiger partial charge on any atom is -0.378 e. The molecule has 0 radical (unpaired) electrons. The van der Waals surface area contributed by atoms with Gasteiger partial charge in [0.25, 0.3) is 11.8 Å².